The van der Waals surface area contributed by atoms with Crippen molar-refractivity contribution in [1.82, 2.24) is 9.03 Å². The Morgan fingerprint density at radius 2 is 2.07 bits per heavy atom. The van der Waals surface area contributed by atoms with E-state index in [4.69, 9.17) is 10.5 Å². The first-order chi connectivity index (χ1) is 6.58. The number of hydrogen-bond acceptors (Lipinski definition) is 4. The molecule has 0 rings (SSSR count). The summed E-state index contributed by atoms with van der Waals surface area (Å²) in [6.07, 6.45) is 0. The lowest BCUT2D eigenvalue weighted by atomic mass is 10.6. The van der Waals surface area contributed by atoms with Gasteiger partial charge in [-0.1, -0.05) is 6.92 Å². The summed E-state index contributed by atoms with van der Waals surface area (Å²) in [5.41, 5.74) is 5.32. The largest absolute Gasteiger partial charge is 0.383 e. The van der Waals surface area contributed by atoms with Crippen LogP contribution in [0.3, 0.4) is 0 Å². The molecule has 0 aliphatic carbocycles. The molecule has 0 bridgehead atoms. The smallest absolute Gasteiger partial charge is 0.279 e. The number of rotatable bonds is 8. The van der Waals surface area contributed by atoms with Crippen molar-refractivity contribution in [2.75, 3.05) is 39.9 Å². The van der Waals surface area contributed by atoms with Gasteiger partial charge in [0.25, 0.3) is 10.2 Å². The van der Waals surface area contributed by atoms with E-state index in [1.807, 2.05) is 0 Å². The highest BCUT2D eigenvalue weighted by molar-refractivity contribution is 7.87. The zero-order valence-corrected chi connectivity index (χ0v) is 9.51. The van der Waals surface area contributed by atoms with E-state index in [9.17, 15) is 8.42 Å². The Hall–Kier alpha value is -0.210. The summed E-state index contributed by atoms with van der Waals surface area (Å²) in [7, 11) is -1.86. The minimum absolute atomic E-state index is 0.300. The van der Waals surface area contributed by atoms with E-state index >= 15 is 0 Å². The van der Waals surface area contributed by atoms with Crippen LogP contribution in [0.4, 0.5) is 0 Å². The molecule has 0 aromatic rings. The highest BCUT2D eigenvalue weighted by atomic mass is 32.2. The van der Waals surface area contributed by atoms with Crippen LogP contribution in [0.25, 0.3) is 0 Å². The second-order valence-corrected chi connectivity index (χ2v) is 4.44. The molecule has 0 saturated carbocycles. The van der Waals surface area contributed by atoms with Crippen molar-refractivity contribution in [3.8, 4) is 0 Å². The Labute approximate surface area is 85.6 Å². The van der Waals surface area contributed by atoms with Gasteiger partial charge in [0.1, 0.15) is 0 Å². The van der Waals surface area contributed by atoms with E-state index in [-0.39, 0.29) is 0 Å². The molecule has 0 heterocycles. The highest BCUT2D eigenvalue weighted by Crippen LogP contribution is 1.96. The third-order valence-electron chi connectivity index (χ3n) is 1.59. The number of methoxy groups -OCH3 is 1. The van der Waals surface area contributed by atoms with Crippen molar-refractivity contribution in [1.29, 1.82) is 0 Å². The number of nitrogens with two attached hydrogens (primary N) is 1. The van der Waals surface area contributed by atoms with Crippen LogP contribution in [0.5, 0.6) is 0 Å². The zero-order valence-electron chi connectivity index (χ0n) is 8.69. The summed E-state index contributed by atoms with van der Waals surface area (Å²) in [5.74, 6) is 0. The average molecular weight is 225 g/mol. The van der Waals surface area contributed by atoms with Crippen LogP contribution in [0.1, 0.15) is 6.92 Å². The number of nitrogens with one attached hydrogen (secondary N) is 1. The van der Waals surface area contributed by atoms with Crippen LogP contribution in [-0.4, -0.2) is 52.6 Å². The second-order valence-electron chi connectivity index (χ2n) is 2.68. The predicted molar refractivity (Wildman–Crippen MR) is 55.1 cm³/mol. The van der Waals surface area contributed by atoms with Gasteiger partial charge in [-0.2, -0.15) is 12.7 Å². The Morgan fingerprint density at radius 3 is 2.50 bits per heavy atom. The Kier molecular flexibility index (Phi) is 7.02. The van der Waals surface area contributed by atoms with Gasteiger partial charge in [0.2, 0.25) is 0 Å². The number of hydrogen-bond donors (Lipinski definition) is 2. The first-order valence-corrected chi connectivity index (χ1v) is 5.96. The average Bonchev–Trinajstić information content (AvgIpc) is 2.11. The van der Waals surface area contributed by atoms with Crippen LogP contribution in [0, 0.1) is 0 Å². The summed E-state index contributed by atoms with van der Waals surface area (Å²) in [4.78, 5) is 0. The van der Waals surface area contributed by atoms with Crippen LogP contribution in [0.15, 0.2) is 0 Å². The van der Waals surface area contributed by atoms with Crippen LogP contribution in [-0.2, 0) is 14.9 Å². The van der Waals surface area contributed by atoms with Gasteiger partial charge in [-0.25, -0.2) is 4.72 Å². The maximum Gasteiger partial charge on any atom is 0.279 e. The van der Waals surface area contributed by atoms with Crippen molar-refractivity contribution >= 4 is 10.2 Å². The van der Waals surface area contributed by atoms with E-state index in [1.165, 1.54) is 11.4 Å². The lowest BCUT2D eigenvalue weighted by Crippen LogP contribution is -2.44. The van der Waals surface area contributed by atoms with Crippen LogP contribution in [0.2, 0.25) is 0 Å². The third kappa shape index (κ3) is 4.87. The minimum Gasteiger partial charge on any atom is -0.383 e. The second kappa shape index (κ2) is 7.13. The first kappa shape index (κ1) is 13.8. The van der Waals surface area contributed by atoms with Gasteiger partial charge in [0, 0.05) is 33.3 Å². The zero-order chi connectivity index (χ0) is 11.0. The molecule has 0 amide bonds. The van der Waals surface area contributed by atoms with E-state index in [2.05, 4.69) is 4.72 Å². The molecular weight excluding hydrogens is 206 g/mol. The maximum atomic E-state index is 11.5. The Balaban J connectivity index is 4.30. The lowest BCUT2D eigenvalue weighted by Gasteiger charge is -2.20. The van der Waals surface area contributed by atoms with E-state index < -0.39 is 10.2 Å². The van der Waals surface area contributed by atoms with Gasteiger partial charge in [0.15, 0.2) is 0 Å². The van der Waals surface area contributed by atoms with Gasteiger partial charge in [-0.05, 0) is 0 Å². The van der Waals surface area contributed by atoms with Crippen LogP contribution < -0.4 is 10.5 Å². The Morgan fingerprint density at radius 1 is 1.43 bits per heavy atom. The monoisotopic (exact) mass is 225 g/mol. The van der Waals surface area contributed by atoms with Crippen molar-refractivity contribution < 1.29 is 13.2 Å². The summed E-state index contributed by atoms with van der Waals surface area (Å²) in [6.45, 7) is 3.39. The van der Waals surface area contributed by atoms with Gasteiger partial charge < -0.3 is 10.5 Å². The molecular formula is C7H19N3O3S. The standard InChI is InChI=1S/C7H19N3O3S/c1-3-9-14(11,12)10(5-4-8)6-7-13-2/h9H,3-8H2,1-2H3. The molecule has 0 saturated heterocycles. The fourth-order valence-corrected chi connectivity index (χ4v) is 2.17. The number of ether oxygens (including phenoxy) is 1. The molecule has 0 radical (unpaired) electrons. The SMILES string of the molecule is CCNS(=O)(=O)N(CCN)CCOC. The van der Waals surface area contributed by atoms with E-state index in [0.29, 0.717) is 32.8 Å². The Bertz CT molecular complexity index is 230. The van der Waals surface area contributed by atoms with Gasteiger partial charge >= 0.3 is 0 Å². The fraction of sp³-hybridized carbons (Fsp3) is 1.00. The molecule has 0 aromatic heterocycles. The predicted octanol–water partition coefficient (Wildman–Crippen LogP) is -1.25. The third-order valence-corrected chi connectivity index (χ3v) is 3.29. The van der Waals surface area contributed by atoms with Gasteiger partial charge in [-0.3, -0.25) is 0 Å². The summed E-state index contributed by atoms with van der Waals surface area (Å²) in [6, 6.07) is 0. The first-order valence-electron chi connectivity index (χ1n) is 4.52. The molecule has 0 aliphatic rings. The van der Waals surface area contributed by atoms with E-state index in [0.717, 1.165) is 0 Å². The van der Waals surface area contributed by atoms with Crippen molar-refractivity contribution in [2.45, 2.75) is 6.92 Å². The molecule has 14 heavy (non-hydrogen) atoms. The summed E-state index contributed by atoms with van der Waals surface area (Å²) < 4.78 is 31.6. The normalized spacial score (nSPS) is 12.3. The van der Waals surface area contributed by atoms with Gasteiger partial charge in [0.05, 0.1) is 6.61 Å². The van der Waals surface area contributed by atoms with Crippen molar-refractivity contribution in [3.05, 3.63) is 0 Å². The molecule has 6 nitrogen and oxygen atoms in total. The van der Waals surface area contributed by atoms with Gasteiger partial charge in [-0.15, -0.1) is 0 Å². The van der Waals surface area contributed by atoms with Crippen LogP contribution >= 0.6 is 0 Å². The minimum atomic E-state index is -3.38. The molecule has 0 aliphatic heterocycles. The molecule has 7 heteroatoms. The number of nitrogens with zero attached hydrogens (tertiary/aromatic N) is 1. The highest BCUT2D eigenvalue weighted by Gasteiger charge is 2.19. The molecule has 0 fully saturated rings. The molecule has 3 N–H and O–H groups in total. The van der Waals surface area contributed by atoms with Crippen molar-refractivity contribution in [2.24, 2.45) is 5.73 Å². The molecule has 0 unspecified atom stereocenters. The summed E-state index contributed by atoms with van der Waals surface area (Å²) in [5, 5.41) is 0. The molecule has 0 atom stereocenters. The molecule has 0 aromatic carbocycles. The maximum absolute atomic E-state index is 11.5. The topological polar surface area (TPSA) is 84.7 Å². The molecule has 86 valence electrons. The van der Waals surface area contributed by atoms with Crippen molar-refractivity contribution in [3.63, 3.8) is 0 Å². The quantitative estimate of drug-likeness (QED) is 0.540. The lowest BCUT2D eigenvalue weighted by molar-refractivity contribution is 0.179. The van der Waals surface area contributed by atoms with E-state index in [1.54, 1.807) is 6.92 Å². The summed E-state index contributed by atoms with van der Waals surface area (Å²) >= 11 is 0. The molecule has 0 spiro atoms. The fourth-order valence-electron chi connectivity index (χ4n) is 0.963.